The zero-order valence-electron chi connectivity index (χ0n) is 14.4. The summed E-state index contributed by atoms with van der Waals surface area (Å²) in [5, 5.41) is 17.7. The highest BCUT2D eigenvalue weighted by molar-refractivity contribution is 5.99. The Labute approximate surface area is 149 Å². The summed E-state index contributed by atoms with van der Waals surface area (Å²) in [5.74, 6) is -0.00441. The van der Waals surface area contributed by atoms with Gasteiger partial charge in [0.25, 0.3) is 0 Å². The number of hydrogen-bond acceptors (Lipinski definition) is 4. The van der Waals surface area contributed by atoms with Gasteiger partial charge in [0.15, 0.2) is 12.1 Å². The monoisotopic (exact) mass is 342 g/mol. The van der Waals surface area contributed by atoms with Crippen molar-refractivity contribution >= 4 is 5.78 Å². The summed E-state index contributed by atoms with van der Waals surface area (Å²) in [6.07, 6.45) is 1.53. The maximum Gasteiger partial charge on any atom is 0.191 e. The first kappa shape index (κ1) is 19.3. The first-order chi connectivity index (χ1) is 12.2. The van der Waals surface area contributed by atoms with Gasteiger partial charge in [-0.1, -0.05) is 67.1 Å². The van der Waals surface area contributed by atoms with Gasteiger partial charge < -0.3 is 14.9 Å². The molecule has 25 heavy (non-hydrogen) atoms. The Morgan fingerprint density at radius 2 is 1.52 bits per heavy atom. The number of aliphatic hydroxyl groups is 2. The molecular weight excluding hydrogens is 316 g/mol. The molecule has 0 aliphatic carbocycles. The standard InChI is InChI=1S/C21H26O4/c22-20(23)14-8-3-9-15-25-19(16-17-10-4-1-5-11-17)21(24)18-12-6-2-7-13-18/h1-2,4-7,10-13,19-20,22-23H,3,8-9,14-16H2. The van der Waals surface area contributed by atoms with Gasteiger partial charge in [-0.15, -0.1) is 0 Å². The molecular formula is C21H26O4. The van der Waals surface area contributed by atoms with E-state index in [1.807, 2.05) is 60.7 Å². The van der Waals surface area contributed by atoms with Crippen molar-refractivity contribution in [2.45, 2.75) is 44.5 Å². The largest absolute Gasteiger partial charge is 0.370 e. The third-order valence-corrected chi connectivity index (χ3v) is 4.04. The topological polar surface area (TPSA) is 66.8 Å². The molecule has 0 spiro atoms. The van der Waals surface area contributed by atoms with Gasteiger partial charge in [-0.3, -0.25) is 4.79 Å². The van der Waals surface area contributed by atoms with Crippen LogP contribution in [0.4, 0.5) is 0 Å². The molecule has 0 radical (unpaired) electrons. The van der Waals surface area contributed by atoms with E-state index in [0.717, 1.165) is 24.8 Å². The van der Waals surface area contributed by atoms with Crippen molar-refractivity contribution in [3.63, 3.8) is 0 Å². The molecule has 0 aromatic heterocycles. The van der Waals surface area contributed by atoms with E-state index in [2.05, 4.69) is 0 Å². The van der Waals surface area contributed by atoms with Crippen LogP contribution in [0.5, 0.6) is 0 Å². The molecule has 2 rings (SSSR count). The summed E-state index contributed by atoms with van der Waals surface area (Å²) in [4.78, 5) is 12.8. The smallest absolute Gasteiger partial charge is 0.191 e. The number of hydrogen-bond donors (Lipinski definition) is 2. The molecule has 0 saturated heterocycles. The fourth-order valence-electron chi connectivity index (χ4n) is 2.68. The molecule has 0 aliphatic heterocycles. The molecule has 0 amide bonds. The average molecular weight is 342 g/mol. The van der Waals surface area contributed by atoms with Crippen LogP contribution >= 0.6 is 0 Å². The molecule has 134 valence electrons. The van der Waals surface area contributed by atoms with Crippen molar-refractivity contribution in [3.05, 3.63) is 71.8 Å². The highest BCUT2D eigenvalue weighted by atomic mass is 16.5. The van der Waals surface area contributed by atoms with Gasteiger partial charge in [-0.05, 0) is 24.8 Å². The lowest BCUT2D eigenvalue weighted by molar-refractivity contribution is -0.0469. The fraction of sp³-hybridized carbons (Fsp3) is 0.381. The summed E-state index contributed by atoms with van der Waals surface area (Å²) in [6.45, 7) is 0.484. The summed E-state index contributed by atoms with van der Waals surface area (Å²) in [6, 6.07) is 19.1. The van der Waals surface area contributed by atoms with Crippen molar-refractivity contribution in [1.29, 1.82) is 0 Å². The van der Waals surface area contributed by atoms with Crippen LogP contribution in [-0.2, 0) is 11.2 Å². The van der Waals surface area contributed by atoms with Crippen molar-refractivity contribution in [2.75, 3.05) is 6.61 Å². The van der Waals surface area contributed by atoms with Gasteiger partial charge in [0, 0.05) is 18.6 Å². The molecule has 4 nitrogen and oxygen atoms in total. The van der Waals surface area contributed by atoms with E-state index >= 15 is 0 Å². The molecule has 0 bridgehead atoms. The first-order valence-corrected chi connectivity index (χ1v) is 8.77. The molecule has 0 heterocycles. The quantitative estimate of drug-likeness (QED) is 0.373. The van der Waals surface area contributed by atoms with Crippen molar-refractivity contribution in [2.24, 2.45) is 0 Å². The van der Waals surface area contributed by atoms with Crippen LogP contribution in [0.2, 0.25) is 0 Å². The van der Waals surface area contributed by atoms with Gasteiger partial charge in [0.05, 0.1) is 0 Å². The Hall–Kier alpha value is -2.01. The maximum absolute atomic E-state index is 12.8. The number of ketones is 1. The third-order valence-electron chi connectivity index (χ3n) is 4.04. The molecule has 2 N–H and O–H groups in total. The van der Waals surface area contributed by atoms with Crippen LogP contribution in [0.1, 0.15) is 41.6 Å². The van der Waals surface area contributed by atoms with Crippen LogP contribution in [0, 0.1) is 0 Å². The Morgan fingerprint density at radius 1 is 0.880 bits per heavy atom. The van der Waals surface area contributed by atoms with Crippen molar-refractivity contribution in [1.82, 2.24) is 0 Å². The SMILES string of the molecule is O=C(c1ccccc1)C(Cc1ccccc1)OCCCCCC(O)O. The number of carbonyl (C=O) groups is 1. The average Bonchev–Trinajstić information content (AvgIpc) is 2.64. The lowest BCUT2D eigenvalue weighted by atomic mass is 10.00. The Morgan fingerprint density at radius 3 is 2.16 bits per heavy atom. The summed E-state index contributed by atoms with van der Waals surface area (Å²) < 4.78 is 5.89. The highest BCUT2D eigenvalue weighted by Gasteiger charge is 2.21. The van der Waals surface area contributed by atoms with Crippen LogP contribution in [0.25, 0.3) is 0 Å². The van der Waals surface area contributed by atoms with E-state index in [0.29, 0.717) is 25.0 Å². The van der Waals surface area contributed by atoms with Gasteiger partial charge in [0.1, 0.15) is 6.10 Å². The molecule has 0 saturated carbocycles. The molecule has 0 aliphatic rings. The molecule has 2 aromatic carbocycles. The zero-order chi connectivity index (χ0) is 17.9. The second-order valence-electron chi connectivity index (χ2n) is 6.11. The normalized spacial score (nSPS) is 12.3. The van der Waals surface area contributed by atoms with E-state index in [-0.39, 0.29) is 5.78 Å². The second kappa shape index (κ2) is 10.8. The second-order valence-corrected chi connectivity index (χ2v) is 6.11. The van der Waals surface area contributed by atoms with Crippen LogP contribution in [-0.4, -0.2) is 35.0 Å². The minimum Gasteiger partial charge on any atom is -0.370 e. The number of benzene rings is 2. The number of carbonyl (C=O) groups excluding carboxylic acids is 1. The van der Waals surface area contributed by atoms with Crippen LogP contribution in [0.15, 0.2) is 60.7 Å². The van der Waals surface area contributed by atoms with E-state index < -0.39 is 12.4 Å². The first-order valence-electron chi connectivity index (χ1n) is 8.77. The van der Waals surface area contributed by atoms with Crippen molar-refractivity contribution in [3.8, 4) is 0 Å². The minimum absolute atomic E-state index is 0.00441. The van der Waals surface area contributed by atoms with Gasteiger partial charge in [-0.25, -0.2) is 0 Å². The van der Waals surface area contributed by atoms with Gasteiger partial charge >= 0.3 is 0 Å². The van der Waals surface area contributed by atoms with Crippen molar-refractivity contribution < 1.29 is 19.7 Å². The lowest BCUT2D eigenvalue weighted by Crippen LogP contribution is -2.27. The van der Waals surface area contributed by atoms with Crippen LogP contribution < -0.4 is 0 Å². The number of Topliss-reactive ketones (excluding diaryl/α,β-unsaturated/α-hetero) is 1. The molecule has 4 heteroatoms. The predicted molar refractivity (Wildman–Crippen MR) is 97.4 cm³/mol. The number of rotatable bonds is 11. The lowest BCUT2D eigenvalue weighted by Gasteiger charge is -2.17. The number of aliphatic hydroxyl groups excluding tert-OH is 1. The van der Waals surface area contributed by atoms with Gasteiger partial charge in [-0.2, -0.15) is 0 Å². The molecule has 2 aromatic rings. The third kappa shape index (κ3) is 7.18. The Kier molecular flexibility index (Phi) is 8.32. The number of ether oxygens (including phenoxy) is 1. The molecule has 1 unspecified atom stereocenters. The predicted octanol–water partition coefficient (Wildman–Crippen LogP) is 3.37. The van der Waals surface area contributed by atoms with Gasteiger partial charge in [0.2, 0.25) is 0 Å². The Balaban J connectivity index is 1.91. The molecule has 0 fully saturated rings. The van der Waals surface area contributed by atoms with E-state index in [9.17, 15) is 4.79 Å². The maximum atomic E-state index is 12.8. The highest BCUT2D eigenvalue weighted by Crippen LogP contribution is 2.13. The van der Waals surface area contributed by atoms with Crippen LogP contribution in [0.3, 0.4) is 0 Å². The van der Waals surface area contributed by atoms with E-state index in [1.165, 1.54) is 0 Å². The van der Waals surface area contributed by atoms with E-state index in [1.54, 1.807) is 0 Å². The summed E-state index contributed by atoms with van der Waals surface area (Å²) in [7, 11) is 0. The summed E-state index contributed by atoms with van der Waals surface area (Å²) in [5.41, 5.74) is 1.73. The zero-order valence-corrected chi connectivity index (χ0v) is 14.4. The number of unbranched alkanes of at least 4 members (excludes halogenated alkanes) is 2. The fourth-order valence-corrected chi connectivity index (χ4v) is 2.68. The summed E-state index contributed by atoms with van der Waals surface area (Å²) >= 11 is 0. The molecule has 1 atom stereocenters. The Bertz CT molecular complexity index is 610. The van der Waals surface area contributed by atoms with E-state index in [4.69, 9.17) is 14.9 Å². The minimum atomic E-state index is -1.24.